The molecule has 1 heterocycles. The lowest BCUT2D eigenvalue weighted by atomic mass is 10.2. The van der Waals surface area contributed by atoms with Crippen molar-refractivity contribution in [2.24, 2.45) is 0 Å². The molecule has 8 heteroatoms. The molecule has 24 heavy (non-hydrogen) atoms. The minimum atomic E-state index is -0.734. The molecule has 0 fully saturated rings. The van der Waals surface area contributed by atoms with Crippen molar-refractivity contribution in [2.75, 3.05) is 13.1 Å². The summed E-state index contributed by atoms with van der Waals surface area (Å²) < 4.78 is 5.82. The van der Waals surface area contributed by atoms with E-state index in [-0.39, 0.29) is 44.2 Å². The van der Waals surface area contributed by atoms with E-state index in [1.807, 2.05) is 18.2 Å². The fourth-order valence-corrected chi connectivity index (χ4v) is 2.17. The highest BCUT2D eigenvalue weighted by Crippen LogP contribution is 2.15. The first-order valence-electron chi connectivity index (χ1n) is 7.31. The maximum Gasteiger partial charge on any atom is 0.442 e. The van der Waals surface area contributed by atoms with Gasteiger partial charge < -0.3 is 4.90 Å². The Balaban J connectivity index is 2.22. The van der Waals surface area contributed by atoms with Crippen LogP contribution in [-0.2, 0) is 11.3 Å². The summed E-state index contributed by atoms with van der Waals surface area (Å²) in [5.41, 5.74) is 0.650. The molecule has 1 aromatic carbocycles. The Morgan fingerprint density at radius 2 is 1.79 bits per heavy atom. The summed E-state index contributed by atoms with van der Waals surface area (Å²) in [4.78, 5) is 25.7. The summed E-state index contributed by atoms with van der Waals surface area (Å²) >= 11 is 0. The number of hydrogen-bond acceptors (Lipinski definition) is 6. The second kappa shape index (κ2) is 8.30. The minimum absolute atomic E-state index is 0.154. The molecular formula is C16H15N5O3. The molecule has 2 rings (SSSR count). The number of carbonyl (C=O) groups excluding carboxylic acids is 1. The van der Waals surface area contributed by atoms with Gasteiger partial charge in [-0.3, -0.25) is 9.32 Å². The van der Waals surface area contributed by atoms with Crippen LogP contribution in [0.15, 0.2) is 39.6 Å². The second-order valence-electron chi connectivity index (χ2n) is 4.92. The molecule has 8 nitrogen and oxygen atoms in total. The van der Waals surface area contributed by atoms with Crippen LogP contribution in [0.4, 0.5) is 0 Å². The molecule has 1 amide bonds. The van der Waals surface area contributed by atoms with E-state index >= 15 is 0 Å². The molecule has 0 radical (unpaired) electrons. The molecule has 2 aromatic rings. The zero-order valence-electron chi connectivity index (χ0n) is 12.9. The van der Waals surface area contributed by atoms with Crippen LogP contribution < -0.4 is 5.76 Å². The number of benzene rings is 1. The lowest BCUT2D eigenvalue weighted by Crippen LogP contribution is -2.37. The van der Waals surface area contributed by atoms with Gasteiger partial charge in [-0.15, -0.1) is 0 Å². The Morgan fingerprint density at radius 3 is 2.38 bits per heavy atom. The normalized spacial score (nSPS) is 9.92. The number of amides is 1. The van der Waals surface area contributed by atoms with E-state index in [1.54, 1.807) is 24.3 Å². The summed E-state index contributed by atoms with van der Waals surface area (Å²) in [6, 6.07) is 12.8. The van der Waals surface area contributed by atoms with Gasteiger partial charge in [0.05, 0.1) is 25.0 Å². The van der Waals surface area contributed by atoms with Gasteiger partial charge in [0, 0.05) is 18.7 Å². The van der Waals surface area contributed by atoms with Gasteiger partial charge in [-0.05, 0) is 0 Å². The Bertz CT molecular complexity index is 808. The standard InChI is InChI=1S/C16H15N5O3/c17-8-4-10-20(11-5-9-18)14(22)12-21-15(19-24-16(21)23)13-6-2-1-3-7-13/h1-3,6-7H,4-5,10-12H2. The van der Waals surface area contributed by atoms with Crippen molar-refractivity contribution >= 4 is 5.91 Å². The van der Waals surface area contributed by atoms with Gasteiger partial charge in [0.25, 0.3) is 0 Å². The van der Waals surface area contributed by atoms with E-state index in [0.29, 0.717) is 5.56 Å². The smallest absolute Gasteiger partial charge is 0.339 e. The Labute approximate surface area is 138 Å². The molecule has 0 N–H and O–H groups in total. The third-order valence-corrected chi connectivity index (χ3v) is 3.35. The van der Waals surface area contributed by atoms with Gasteiger partial charge in [0.15, 0.2) is 5.82 Å². The van der Waals surface area contributed by atoms with E-state index in [0.717, 1.165) is 4.57 Å². The van der Waals surface area contributed by atoms with Gasteiger partial charge in [0.2, 0.25) is 5.91 Å². The zero-order valence-corrected chi connectivity index (χ0v) is 12.9. The second-order valence-corrected chi connectivity index (χ2v) is 4.92. The van der Waals surface area contributed by atoms with Crippen LogP contribution in [0, 0.1) is 22.7 Å². The number of aromatic nitrogens is 2. The third-order valence-electron chi connectivity index (χ3n) is 3.35. The van der Waals surface area contributed by atoms with Crippen LogP contribution in [0.3, 0.4) is 0 Å². The van der Waals surface area contributed by atoms with Crippen molar-refractivity contribution in [3.8, 4) is 23.5 Å². The number of nitrogens with zero attached hydrogens (tertiary/aromatic N) is 5. The largest absolute Gasteiger partial charge is 0.442 e. The van der Waals surface area contributed by atoms with Crippen molar-refractivity contribution in [3.63, 3.8) is 0 Å². The predicted molar refractivity (Wildman–Crippen MR) is 83.2 cm³/mol. The highest BCUT2D eigenvalue weighted by molar-refractivity contribution is 5.76. The van der Waals surface area contributed by atoms with Gasteiger partial charge in [-0.1, -0.05) is 35.5 Å². The molecule has 0 spiro atoms. The molecule has 0 aliphatic carbocycles. The molecule has 1 aromatic heterocycles. The van der Waals surface area contributed by atoms with E-state index in [4.69, 9.17) is 10.5 Å². The first-order valence-corrected chi connectivity index (χ1v) is 7.31. The lowest BCUT2D eigenvalue weighted by Gasteiger charge is -2.20. The topological polar surface area (TPSA) is 116 Å². The van der Waals surface area contributed by atoms with Crippen LogP contribution in [-0.4, -0.2) is 33.6 Å². The molecule has 0 saturated heterocycles. The van der Waals surface area contributed by atoms with Crippen LogP contribution in [0.5, 0.6) is 0 Å². The van der Waals surface area contributed by atoms with E-state index in [2.05, 4.69) is 9.68 Å². The average Bonchev–Trinajstić information content (AvgIpc) is 2.96. The van der Waals surface area contributed by atoms with Crippen molar-refractivity contribution in [2.45, 2.75) is 19.4 Å². The number of nitriles is 2. The Hall–Kier alpha value is -3.39. The number of carbonyl (C=O) groups is 1. The van der Waals surface area contributed by atoms with Gasteiger partial charge >= 0.3 is 5.76 Å². The molecular weight excluding hydrogens is 310 g/mol. The van der Waals surface area contributed by atoms with E-state index in [1.165, 1.54) is 4.90 Å². The summed E-state index contributed by atoms with van der Waals surface area (Å²) in [5, 5.41) is 21.1. The predicted octanol–water partition coefficient (Wildman–Crippen LogP) is 1.16. The molecule has 0 aliphatic heterocycles. The molecule has 0 aliphatic rings. The van der Waals surface area contributed by atoms with E-state index in [9.17, 15) is 9.59 Å². The molecule has 0 saturated carbocycles. The number of rotatable bonds is 7. The summed E-state index contributed by atoms with van der Waals surface area (Å²) in [5.74, 6) is -0.847. The number of hydrogen-bond donors (Lipinski definition) is 0. The van der Waals surface area contributed by atoms with E-state index < -0.39 is 5.76 Å². The fraction of sp³-hybridized carbons (Fsp3) is 0.312. The van der Waals surface area contributed by atoms with Gasteiger partial charge in [-0.2, -0.15) is 10.5 Å². The highest BCUT2D eigenvalue weighted by Gasteiger charge is 2.19. The Morgan fingerprint density at radius 1 is 1.17 bits per heavy atom. The molecule has 122 valence electrons. The van der Waals surface area contributed by atoms with Gasteiger partial charge in [0.1, 0.15) is 6.54 Å². The van der Waals surface area contributed by atoms with Crippen molar-refractivity contribution in [3.05, 3.63) is 40.9 Å². The third kappa shape index (κ3) is 4.08. The SMILES string of the molecule is N#CCCN(CCC#N)C(=O)Cn1c(-c2ccccc2)noc1=O. The highest BCUT2D eigenvalue weighted by atomic mass is 16.5. The average molecular weight is 325 g/mol. The van der Waals surface area contributed by atoms with Crippen LogP contribution in [0.1, 0.15) is 12.8 Å². The van der Waals surface area contributed by atoms with Crippen LogP contribution in [0.25, 0.3) is 11.4 Å². The summed E-state index contributed by atoms with van der Waals surface area (Å²) in [6.07, 6.45) is 0.308. The molecule has 0 atom stereocenters. The van der Waals surface area contributed by atoms with Crippen molar-refractivity contribution < 1.29 is 9.32 Å². The van der Waals surface area contributed by atoms with Crippen molar-refractivity contribution in [1.29, 1.82) is 10.5 Å². The first kappa shape index (κ1) is 17.0. The van der Waals surface area contributed by atoms with Crippen LogP contribution >= 0.6 is 0 Å². The summed E-state index contributed by atoms with van der Waals surface area (Å²) in [6.45, 7) is 0.152. The first-order chi connectivity index (χ1) is 11.7. The summed E-state index contributed by atoms with van der Waals surface area (Å²) in [7, 11) is 0. The monoisotopic (exact) mass is 325 g/mol. The van der Waals surface area contributed by atoms with Crippen LogP contribution in [0.2, 0.25) is 0 Å². The molecule has 0 unspecified atom stereocenters. The van der Waals surface area contributed by atoms with Gasteiger partial charge in [-0.25, -0.2) is 9.36 Å². The Kier molecular flexibility index (Phi) is 5.87. The lowest BCUT2D eigenvalue weighted by molar-refractivity contribution is -0.131. The fourth-order valence-electron chi connectivity index (χ4n) is 2.17. The maximum atomic E-state index is 12.4. The zero-order chi connectivity index (χ0) is 17.4. The van der Waals surface area contributed by atoms with Crippen molar-refractivity contribution in [1.82, 2.24) is 14.6 Å². The molecule has 0 bridgehead atoms. The minimum Gasteiger partial charge on any atom is -0.339 e. The quantitative estimate of drug-likeness (QED) is 0.754. The maximum absolute atomic E-state index is 12.4.